The van der Waals surface area contributed by atoms with Crippen molar-refractivity contribution in [2.24, 2.45) is 0 Å². The summed E-state index contributed by atoms with van der Waals surface area (Å²) in [5.74, 6) is 1.03. The minimum Gasteiger partial charge on any atom is -0.497 e. The Bertz CT molecular complexity index is 1280. The van der Waals surface area contributed by atoms with E-state index in [0.717, 1.165) is 5.56 Å². The molecule has 0 bridgehead atoms. The molecule has 7 heteroatoms. The molecule has 0 radical (unpaired) electrons. The van der Waals surface area contributed by atoms with Gasteiger partial charge >= 0.3 is 5.97 Å². The zero-order valence-electron chi connectivity index (χ0n) is 23.0. The molecule has 0 heterocycles. The Hall–Kier alpha value is -4.78. The fourth-order valence-corrected chi connectivity index (χ4v) is 4.87. The number of carbonyl (C=O) groups is 2. The first kappa shape index (κ1) is 28.2. The Morgan fingerprint density at radius 1 is 0.625 bits per heavy atom. The van der Waals surface area contributed by atoms with Crippen LogP contribution < -0.4 is 19.5 Å². The Morgan fingerprint density at radius 2 is 1.02 bits per heavy atom. The lowest BCUT2D eigenvalue weighted by molar-refractivity contribution is -0.145. The number of esters is 1. The van der Waals surface area contributed by atoms with Crippen molar-refractivity contribution in [2.75, 3.05) is 28.4 Å². The second kappa shape index (κ2) is 12.8. The number of ether oxygens (including phenoxy) is 4. The monoisotopic (exact) mass is 539 g/mol. The van der Waals surface area contributed by atoms with Crippen molar-refractivity contribution in [3.05, 3.63) is 125 Å². The third-order valence-electron chi connectivity index (χ3n) is 6.98. The van der Waals surface area contributed by atoms with Crippen molar-refractivity contribution in [2.45, 2.75) is 17.9 Å². The summed E-state index contributed by atoms with van der Waals surface area (Å²) in [4.78, 5) is 27.7. The maximum absolute atomic E-state index is 14.7. The van der Waals surface area contributed by atoms with E-state index in [0.29, 0.717) is 33.9 Å². The highest BCUT2D eigenvalue weighted by molar-refractivity contribution is 5.98. The molecule has 1 atom stereocenters. The molecule has 0 saturated heterocycles. The summed E-state index contributed by atoms with van der Waals surface area (Å²) in [7, 11) is 6.08. The molecule has 1 N–H and O–H groups in total. The summed E-state index contributed by atoms with van der Waals surface area (Å²) in [6.07, 6.45) is 0.267. The van der Waals surface area contributed by atoms with Gasteiger partial charge in [-0.15, -0.1) is 0 Å². The first-order chi connectivity index (χ1) is 19.5. The molecule has 0 fully saturated rings. The van der Waals surface area contributed by atoms with E-state index in [-0.39, 0.29) is 12.3 Å². The number of benzene rings is 4. The molecule has 0 saturated carbocycles. The molecule has 0 spiro atoms. The lowest BCUT2D eigenvalue weighted by Crippen LogP contribution is -2.52. The van der Waals surface area contributed by atoms with Crippen molar-refractivity contribution >= 4 is 11.9 Å². The molecule has 0 aliphatic rings. The van der Waals surface area contributed by atoms with Gasteiger partial charge in [0.15, 0.2) is 0 Å². The predicted octanol–water partition coefficient (Wildman–Crippen LogP) is 4.95. The lowest BCUT2D eigenvalue weighted by atomic mass is 9.68. The summed E-state index contributed by atoms with van der Waals surface area (Å²) in [6, 6.07) is 30.6. The summed E-state index contributed by atoms with van der Waals surface area (Å²) < 4.78 is 21.3. The van der Waals surface area contributed by atoms with Gasteiger partial charge in [0.25, 0.3) is 0 Å². The maximum Gasteiger partial charge on any atom is 0.328 e. The number of methoxy groups -OCH3 is 4. The van der Waals surface area contributed by atoms with Crippen molar-refractivity contribution < 1.29 is 28.5 Å². The maximum atomic E-state index is 14.7. The highest BCUT2D eigenvalue weighted by Gasteiger charge is 2.45. The second-order valence-corrected chi connectivity index (χ2v) is 9.17. The van der Waals surface area contributed by atoms with Gasteiger partial charge in [-0.05, 0) is 58.7 Å². The van der Waals surface area contributed by atoms with Crippen LogP contribution in [0.2, 0.25) is 0 Å². The number of hydrogen-bond acceptors (Lipinski definition) is 6. The van der Waals surface area contributed by atoms with E-state index in [2.05, 4.69) is 5.32 Å². The Labute approximate surface area is 234 Å². The van der Waals surface area contributed by atoms with E-state index in [1.165, 1.54) is 7.11 Å². The van der Waals surface area contributed by atoms with Gasteiger partial charge in [0.05, 0.1) is 28.4 Å². The molecular formula is C33H33NO6. The van der Waals surface area contributed by atoms with Gasteiger partial charge in [-0.1, -0.05) is 66.7 Å². The van der Waals surface area contributed by atoms with Crippen LogP contribution >= 0.6 is 0 Å². The van der Waals surface area contributed by atoms with Crippen LogP contribution in [0.25, 0.3) is 0 Å². The van der Waals surface area contributed by atoms with E-state index >= 15 is 0 Å². The van der Waals surface area contributed by atoms with E-state index < -0.39 is 17.4 Å². The molecule has 4 aromatic rings. The quantitative estimate of drug-likeness (QED) is 0.215. The van der Waals surface area contributed by atoms with Crippen molar-refractivity contribution in [3.8, 4) is 17.2 Å². The number of carbonyl (C=O) groups excluding carboxylic acids is 2. The zero-order valence-corrected chi connectivity index (χ0v) is 23.0. The molecule has 0 aromatic heterocycles. The molecule has 4 rings (SSSR count). The van der Waals surface area contributed by atoms with E-state index in [4.69, 9.17) is 18.9 Å². The minimum absolute atomic E-state index is 0.267. The molecular weight excluding hydrogens is 506 g/mol. The molecule has 4 aromatic carbocycles. The van der Waals surface area contributed by atoms with Crippen LogP contribution in [0.15, 0.2) is 103 Å². The fraction of sp³-hybridized carbons (Fsp3) is 0.212. The van der Waals surface area contributed by atoms with Crippen molar-refractivity contribution in [1.82, 2.24) is 5.32 Å². The molecule has 7 nitrogen and oxygen atoms in total. The number of hydrogen-bond donors (Lipinski definition) is 1. The molecule has 1 amide bonds. The first-order valence-corrected chi connectivity index (χ1v) is 12.8. The molecule has 40 heavy (non-hydrogen) atoms. The number of nitrogens with one attached hydrogen (secondary N) is 1. The van der Waals surface area contributed by atoms with Crippen molar-refractivity contribution in [3.63, 3.8) is 0 Å². The van der Waals surface area contributed by atoms with Crippen LogP contribution in [0.5, 0.6) is 17.2 Å². The normalized spacial score (nSPS) is 11.7. The highest BCUT2D eigenvalue weighted by Crippen LogP contribution is 2.41. The summed E-state index contributed by atoms with van der Waals surface area (Å²) in [5.41, 5.74) is 1.59. The van der Waals surface area contributed by atoms with Gasteiger partial charge in [-0.25, -0.2) is 4.79 Å². The Morgan fingerprint density at radius 3 is 1.38 bits per heavy atom. The standard InChI is InChI=1S/C33H33NO6/c1-37-27-16-10-24(11-17-27)33(25-12-18-28(38-2)19-13-25,26-14-20-29(39-3)21-15-26)32(36)34-30(31(35)40-4)22-23-8-6-5-7-9-23/h5-21,30H,22H2,1-4H3,(H,34,36)/t30-/m1/s1. The van der Waals surface area contributed by atoms with Crippen LogP contribution in [-0.4, -0.2) is 46.4 Å². The number of amides is 1. The number of rotatable bonds is 11. The van der Waals surface area contributed by atoms with Gasteiger partial charge in [-0.3, -0.25) is 4.79 Å². The third kappa shape index (κ3) is 5.78. The SMILES string of the molecule is COC(=O)[C@@H](Cc1ccccc1)NC(=O)C(c1ccc(OC)cc1)(c1ccc(OC)cc1)c1ccc(OC)cc1. The Balaban J connectivity index is 1.92. The largest absolute Gasteiger partial charge is 0.497 e. The summed E-state index contributed by atoms with van der Waals surface area (Å²) >= 11 is 0. The fourth-order valence-electron chi connectivity index (χ4n) is 4.87. The molecule has 0 aliphatic heterocycles. The smallest absolute Gasteiger partial charge is 0.328 e. The van der Waals surface area contributed by atoms with Gasteiger partial charge < -0.3 is 24.3 Å². The van der Waals surface area contributed by atoms with Crippen LogP contribution in [0.3, 0.4) is 0 Å². The molecule has 0 aliphatic carbocycles. The lowest BCUT2D eigenvalue weighted by Gasteiger charge is -2.36. The van der Waals surface area contributed by atoms with E-state index in [9.17, 15) is 9.59 Å². The third-order valence-corrected chi connectivity index (χ3v) is 6.98. The van der Waals surface area contributed by atoms with Gasteiger partial charge in [0.1, 0.15) is 28.7 Å². The van der Waals surface area contributed by atoms with Crippen LogP contribution in [-0.2, 0) is 26.2 Å². The zero-order chi connectivity index (χ0) is 28.5. The van der Waals surface area contributed by atoms with Gasteiger partial charge in [0, 0.05) is 6.42 Å². The topological polar surface area (TPSA) is 83.1 Å². The Kier molecular flexibility index (Phi) is 9.07. The predicted molar refractivity (Wildman–Crippen MR) is 153 cm³/mol. The minimum atomic E-state index is -1.35. The average molecular weight is 540 g/mol. The van der Waals surface area contributed by atoms with Crippen molar-refractivity contribution in [1.29, 1.82) is 0 Å². The first-order valence-electron chi connectivity index (χ1n) is 12.8. The van der Waals surface area contributed by atoms with Gasteiger partial charge in [-0.2, -0.15) is 0 Å². The second-order valence-electron chi connectivity index (χ2n) is 9.17. The van der Waals surface area contributed by atoms with Crippen LogP contribution in [0.4, 0.5) is 0 Å². The van der Waals surface area contributed by atoms with Crippen LogP contribution in [0.1, 0.15) is 22.3 Å². The highest BCUT2D eigenvalue weighted by atomic mass is 16.5. The average Bonchev–Trinajstić information content (AvgIpc) is 3.02. The molecule has 0 unspecified atom stereocenters. The summed E-state index contributed by atoms with van der Waals surface area (Å²) in [5, 5.41) is 3.03. The van der Waals surface area contributed by atoms with E-state index in [1.807, 2.05) is 103 Å². The van der Waals surface area contributed by atoms with Gasteiger partial charge in [0.2, 0.25) is 5.91 Å². The van der Waals surface area contributed by atoms with E-state index in [1.54, 1.807) is 21.3 Å². The molecule has 206 valence electrons. The van der Waals surface area contributed by atoms with Crippen LogP contribution in [0, 0.1) is 0 Å². The summed E-state index contributed by atoms with van der Waals surface area (Å²) in [6.45, 7) is 0.